The van der Waals surface area contributed by atoms with Crippen LogP contribution in [0, 0.1) is 12.7 Å². The maximum absolute atomic E-state index is 14.4. The molecule has 0 bridgehead atoms. The Kier molecular flexibility index (Phi) is 8.99. The van der Waals surface area contributed by atoms with Gasteiger partial charge in [-0.2, -0.15) is 0 Å². The van der Waals surface area contributed by atoms with Crippen LogP contribution in [-0.2, 0) is 0 Å². The molecule has 0 fully saturated rings. The number of hydrogen-bond donors (Lipinski definition) is 1. The highest BCUT2D eigenvalue weighted by atomic mass is 19.1. The lowest BCUT2D eigenvalue weighted by Crippen LogP contribution is -1.95. The first-order valence-corrected chi connectivity index (χ1v) is 9.00. The Morgan fingerprint density at radius 1 is 0.885 bits per heavy atom. The fourth-order valence-electron chi connectivity index (χ4n) is 2.29. The van der Waals surface area contributed by atoms with E-state index in [1.807, 2.05) is 51.1 Å². The van der Waals surface area contributed by atoms with Crippen molar-refractivity contribution >= 4 is 5.95 Å². The van der Waals surface area contributed by atoms with E-state index in [1.54, 1.807) is 6.07 Å². The van der Waals surface area contributed by atoms with Crippen LogP contribution in [-0.4, -0.2) is 9.97 Å². The number of anilines is 1. The maximum Gasteiger partial charge on any atom is 0.219 e. The number of halogens is 1. The molecule has 3 aromatic rings. The van der Waals surface area contributed by atoms with Crippen molar-refractivity contribution in [3.8, 4) is 22.3 Å². The predicted molar refractivity (Wildman–Crippen MR) is 109 cm³/mol. The standard InChI is InChI=1S/C17H14FN3.C3H8.C2H6/c1-11-4-2-3-5-14(11)12-6-7-15(16(18)8-12)13-9-20-17(19)21-10-13;1-3-2;1-2/h2-10H,1H3,(H2,19,20,21);3H2,1-2H3;1-2H3. The molecule has 138 valence electrons. The molecule has 0 aliphatic rings. The molecule has 1 aromatic heterocycles. The Morgan fingerprint density at radius 2 is 1.46 bits per heavy atom. The normalized spacial score (nSPS) is 9.46. The molecule has 4 heteroatoms. The van der Waals surface area contributed by atoms with E-state index in [2.05, 4.69) is 23.8 Å². The molecular formula is C22H28FN3. The zero-order valence-electron chi connectivity index (χ0n) is 16.3. The van der Waals surface area contributed by atoms with Crippen molar-refractivity contribution in [1.82, 2.24) is 9.97 Å². The van der Waals surface area contributed by atoms with Crippen molar-refractivity contribution in [2.45, 2.75) is 41.0 Å². The lowest BCUT2D eigenvalue weighted by Gasteiger charge is -2.08. The van der Waals surface area contributed by atoms with E-state index < -0.39 is 0 Å². The number of rotatable bonds is 2. The zero-order chi connectivity index (χ0) is 19.5. The average molecular weight is 353 g/mol. The smallest absolute Gasteiger partial charge is 0.219 e. The molecule has 3 rings (SSSR count). The van der Waals surface area contributed by atoms with E-state index in [0.29, 0.717) is 11.1 Å². The Morgan fingerprint density at radius 3 is 2.00 bits per heavy atom. The van der Waals surface area contributed by atoms with Crippen LogP contribution >= 0.6 is 0 Å². The monoisotopic (exact) mass is 353 g/mol. The van der Waals surface area contributed by atoms with Crippen LogP contribution in [0.25, 0.3) is 22.3 Å². The maximum atomic E-state index is 14.4. The molecular weight excluding hydrogens is 325 g/mol. The molecule has 0 saturated carbocycles. The summed E-state index contributed by atoms with van der Waals surface area (Å²) in [5, 5.41) is 0. The van der Waals surface area contributed by atoms with Crippen LogP contribution in [0.3, 0.4) is 0 Å². The number of benzene rings is 2. The van der Waals surface area contributed by atoms with E-state index in [4.69, 9.17) is 5.73 Å². The van der Waals surface area contributed by atoms with Crippen molar-refractivity contribution in [3.63, 3.8) is 0 Å². The van der Waals surface area contributed by atoms with Crippen molar-refractivity contribution in [1.29, 1.82) is 0 Å². The summed E-state index contributed by atoms with van der Waals surface area (Å²) in [6, 6.07) is 13.1. The van der Waals surface area contributed by atoms with E-state index in [9.17, 15) is 4.39 Å². The molecule has 0 aliphatic carbocycles. The van der Waals surface area contributed by atoms with Crippen LogP contribution < -0.4 is 5.73 Å². The highest BCUT2D eigenvalue weighted by Crippen LogP contribution is 2.29. The van der Waals surface area contributed by atoms with Gasteiger partial charge < -0.3 is 5.73 Å². The molecule has 26 heavy (non-hydrogen) atoms. The second kappa shape index (κ2) is 11.0. The zero-order valence-corrected chi connectivity index (χ0v) is 16.3. The lowest BCUT2D eigenvalue weighted by molar-refractivity contribution is 0.631. The van der Waals surface area contributed by atoms with Gasteiger partial charge in [-0.15, -0.1) is 0 Å². The molecule has 3 nitrogen and oxygen atoms in total. The van der Waals surface area contributed by atoms with Gasteiger partial charge in [-0.05, 0) is 29.7 Å². The predicted octanol–water partition coefficient (Wildman–Crippen LogP) is 6.28. The minimum absolute atomic E-state index is 0.177. The summed E-state index contributed by atoms with van der Waals surface area (Å²) in [4.78, 5) is 7.78. The first-order valence-electron chi connectivity index (χ1n) is 9.00. The lowest BCUT2D eigenvalue weighted by atomic mass is 9.98. The van der Waals surface area contributed by atoms with Crippen molar-refractivity contribution in [2.24, 2.45) is 0 Å². The number of aromatic nitrogens is 2. The summed E-state index contributed by atoms with van der Waals surface area (Å²) in [5.41, 5.74) is 9.51. The topological polar surface area (TPSA) is 51.8 Å². The first kappa shape index (κ1) is 21.3. The average Bonchev–Trinajstić information content (AvgIpc) is 2.65. The van der Waals surface area contributed by atoms with Gasteiger partial charge in [0.05, 0.1) is 0 Å². The molecule has 0 atom stereocenters. The minimum Gasteiger partial charge on any atom is -0.368 e. The number of hydrogen-bond acceptors (Lipinski definition) is 3. The van der Waals surface area contributed by atoms with E-state index in [0.717, 1.165) is 16.7 Å². The van der Waals surface area contributed by atoms with Crippen molar-refractivity contribution in [3.05, 3.63) is 66.2 Å². The fraction of sp³-hybridized carbons (Fsp3) is 0.273. The SMILES string of the molecule is CC.CCC.Cc1ccccc1-c1ccc(-c2cnc(N)nc2)c(F)c1. The fourth-order valence-corrected chi connectivity index (χ4v) is 2.29. The van der Waals surface area contributed by atoms with Crippen molar-refractivity contribution in [2.75, 3.05) is 5.73 Å². The van der Waals surface area contributed by atoms with Gasteiger partial charge in [-0.1, -0.05) is 70.5 Å². The summed E-state index contributed by atoms with van der Waals surface area (Å²) in [7, 11) is 0. The van der Waals surface area contributed by atoms with Crippen LogP contribution in [0.2, 0.25) is 0 Å². The second-order valence-electron chi connectivity index (χ2n) is 5.55. The highest BCUT2D eigenvalue weighted by molar-refractivity contribution is 5.72. The Bertz CT molecular complexity index is 799. The summed E-state index contributed by atoms with van der Waals surface area (Å²) in [5.74, 6) is -0.125. The van der Waals surface area contributed by atoms with Gasteiger partial charge in [0.1, 0.15) is 5.82 Å². The quantitative estimate of drug-likeness (QED) is 0.589. The first-order chi connectivity index (χ1) is 12.6. The molecule has 0 saturated heterocycles. The van der Waals surface area contributed by atoms with Crippen LogP contribution in [0.1, 0.15) is 39.7 Å². The Hall–Kier alpha value is -2.75. The molecule has 0 unspecified atom stereocenters. The number of nitrogens with zero attached hydrogens (tertiary/aromatic N) is 2. The van der Waals surface area contributed by atoms with Crippen LogP contribution in [0.5, 0.6) is 0 Å². The third-order valence-corrected chi connectivity index (χ3v) is 3.41. The summed E-state index contributed by atoms with van der Waals surface area (Å²) in [6.07, 6.45) is 4.29. The van der Waals surface area contributed by atoms with Gasteiger partial charge >= 0.3 is 0 Å². The van der Waals surface area contributed by atoms with Gasteiger partial charge in [-0.3, -0.25) is 0 Å². The molecule has 0 spiro atoms. The molecule has 0 radical (unpaired) electrons. The number of nitrogens with two attached hydrogens (primary N) is 1. The van der Waals surface area contributed by atoms with E-state index >= 15 is 0 Å². The highest BCUT2D eigenvalue weighted by Gasteiger charge is 2.09. The second-order valence-corrected chi connectivity index (χ2v) is 5.55. The van der Waals surface area contributed by atoms with Gasteiger partial charge in [0.25, 0.3) is 0 Å². The third kappa shape index (κ3) is 5.66. The van der Waals surface area contributed by atoms with Gasteiger partial charge in [-0.25, -0.2) is 14.4 Å². The van der Waals surface area contributed by atoms with Crippen LogP contribution in [0.15, 0.2) is 54.9 Å². The molecule has 2 N–H and O–H groups in total. The number of aryl methyl sites for hydroxylation is 1. The Balaban J connectivity index is 0.000000615. The van der Waals surface area contributed by atoms with Crippen molar-refractivity contribution < 1.29 is 4.39 Å². The molecule has 0 aliphatic heterocycles. The van der Waals surface area contributed by atoms with Gasteiger partial charge in [0.15, 0.2) is 0 Å². The summed E-state index contributed by atoms with van der Waals surface area (Å²) in [6.45, 7) is 10.3. The Labute approximate surface area is 156 Å². The largest absolute Gasteiger partial charge is 0.368 e. The molecule has 2 aromatic carbocycles. The molecule has 0 amide bonds. The van der Waals surface area contributed by atoms with E-state index in [-0.39, 0.29) is 11.8 Å². The van der Waals surface area contributed by atoms with Gasteiger partial charge in [0.2, 0.25) is 5.95 Å². The summed E-state index contributed by atoms with van der Waals surface area (Å²) >= 11 is 0. The van der Waals surface area contributed by atoms with E-state index in [1.165, 1.54) is 24.9 Å². The minimum atomic E-state index is -0.302. The third-order valence-electron chi connectivity index (χ3n) is 3.41. The van der Waals surface area contributed by atoms with Gasteiger partial charge in [0, 0.05) is 23.5 Å². The summed E-state index contributed by atoms with van der Waals surface area (Å²) < 4.78 is 14.4. The molecule has 1 heterocycles. The number of nitrogen functional groups attached to an aromatic ring is 1. The van der Waals surface area contributed by atoms with Crippen LogP contribution in [0.4, 0.5) is 10.3 Å².